The standard InChI is InChI=1S/C23H22S/c1-14-10-15(2)21-12-18(6-7-20(14)21)24-19-8-9-23(5)17(4)11-16(3)22(23)13-19/h6-8,12-13H,1-4,9-11H2,5H3. The second-order valence-electron chi connectivity index (χ2n) is 7.28. The lowest BCUT2D eigenvalue weighted by Gasteiger charge is -2.30. The van der Waals surface area contributed by atoms with Crippen LogP contribution in [0.15, 0.2) is 83.2 Å². The van der Waals surface area contributed by atoms with E-state index in [1.807, 2.05) is 11.8 Å². The van der Waals surface area contributed by atoms with Crippen LogP contribution in [0.1, 0.15) is 37.3 Å². The molecular weight excluding hydrogens is 308 g/mol. The summed E-state index contributed by atoms with van der Waals surface area (Å²) in [5, 5.41) is 0. The van der Waals surface area contributed by atoms with Gasteiger partial charge in [0.2, 0.25) is 0 Å². The van der Waals surface area contributed by atoms with Gasteiger partial charge >= 0.3 is 0 Å². The maximum Gasteiger partial charge on any atom is 0.0172 e. The minimum absolute atomic E-state index is 0.0884. The quantitative estimate of drug-likeness (QED) is 0.529. The van der Waals surface area contributed by atoms with Crippen LogP contribution in [0.5, 0.6) is 0 Å². The van der Waals surface area contributed by atoms with Gasteiger partial charge in [-0.3, -0.25) is 0 Å². The minimum atomic E-state index is 0.0884. The summed E-state index contributed by atoms with van der Waals surface area (Å²) >= 11 is 1.83. The first-order chi connectivity index (χ1) is 11.4. The van der Waals surface area contributed by atoms with Gasteiger partial charge in [0.25, 0.3) is 0 Å². The summed E-state index contributed by atoms with van der Waals surface area (Å²) in [6, 6.07) is 6.65. The van der Waals surface area contributed by atoms with Crippen molar-refractivity contribution in [3.8, 4) is 0 Å². The molecule has 24 heavy (non-hydrogen) atoms. The van der Waals surface area contributed by atoms with Crippen molar-refractivity contribution < 1.29 is 0 Å². The van der Waals surface area contributed by atoms with Crippen LogP contribution in [0.4, 0.5) is 0 Å². The molecule has 0 aliphatic heterocycles. The molecule has 0 nitrogen and oxygen atoms in total. The number of rotatable bonds is 2. The molecule has 0 heterocycles. The highest BCUT2D eigenvalue weighted by molar-refractivity contribution is 8.03. The van der Waals surface area contributed by atoms with Gasteiger partial charge in [0.05, 0.1) is 0 Å². The molecule has 1 aromatic rings. The Morgan fingerprint density at radius 3 is 2.50 bits per heavy atom. The van der Waals surface area contributed by atoms with Crippen LogP contribution in [-0.4, -0.2) is 0 Å². The van der Waals surface area contributed by atoms with Gasteiger partial charge in [-0.05, 0) is 70.9 Å². The summed E-state index contributed by atoms with van der Waals surface area (Å²) < 4.78 is 0. The molecule has 3 aliphatic rings. The molecular formula is C23H22S. The van der Waals surface area contributed by atoms with Gasteiger partial charge in [-0.1, -0.05) is 62.7 Å². The van der Waals surface area contributed by atoms with E-state index in [0.717, 1.165) is 19.3 Å². The Balaban J connectivity index is 1.63. The highest BCUT2D eigenvalue weighted by atomic mass is 32.2. The van der Waals surface area contributed by atoms with Crippen molar-refractivity contribution in [3.63, 3.8) is 0 Å². The summed E-state index contributed by atoms with van der Waals surface area (Å²) in [7, 11) is 0. The Labute approximate surface area is 149 Å². The predicted molar refractivity (Wildman–Crippen MR) is 107 cm³/mol. The number of allylic oxidation sites excluding steroid dienone is 7. The third-order valence-electron chi connectivity index (χ3n) is 5.60. The lowest BCUT2D eigenvalue weighted by atomic mass is 9.76. The zero-order valence-corrected chi connectivity index (χ0v) is 15.1. The van der Waals surface area contributed by atoms with Gasteiger partial charge in [0.15, 0.2) is 0 Å². The Hall–Kier alpha value is -1.99. The van der Waals surface area contributed by atoms with E-state index in [4.69, 9.17) is 0 Å². The number of hydrogen-bond donors (Lipinski definition) is 0. The SMILES string of the molecule is C=C1CC(=C)C2(C)CC=C(Sc3ccc4c(c3)C(=C)CC4=C)C=C12. The number of hydrogen-bond acceptors (Lipinski definition) is 1. The maximum absolute atomic E-state index is 4.27. The molecule has 1 fully saturated rings. The van der Waals surface area contributed by atoms with Gasteiger partial charge in [-0.15, -0.1) is 0 Å². The first-order valence-corrected chi connectivity index (χ1v) is 9.17. The zero-order chi connectivity index (χ0) is 17.1. The van der Waals surface area contributed by atoms with E-state index < -0.39 is 0 Å². The van der Waals surface area contributed by atoms with Crippen molar-refractivity contribution in [1.29, 1.82) is 0 Å². The van der Waals surface area contributed by atoms with E-state index in [2.05, 4.69) is 63.6 Å². The largest absolute Gasteiger partial charge is 0.0986 e. The smallest absolute Gasteiger partial charge is 0.0172 e. The Bertz CT molecular complexity index is 891. The molecule has 0 N–H and O–H groups in total. The number of benzene rings is 1. The fraction of sp³-hybridized carbons (Fsp3) is 0.217. The molecule has 1 heteroatoms. The number of fused-ring (bicyclic) bond motifs is 2. The fourth-order valence-corrected chi connectivity index (χ4v) is 4.92. The number of thioether (sulfide) groups is 1. The summed E-state index contributed by atoms with van der Waals surface area (Å²) in [4.78, 5) is 2.57. The van der Waals surface area contributed by atoms with Crippen LogP contribution < -0.4 is 0 Å². The molecule has 0 amide bonds. The van der Waals surface area contributed by atoms with Crippen molar-refractivity contribution in [2.45, 2.75) is 31.1 Å². The second-order valence-corrected chi connectivity index (χ2v) is 8.42. The lowest BCUT2D eigenvalue weighted by Crippen LogP contribution is -2.17. The molecule has 1 aromatic carbocycles. The molecule has 0 spiro atoms. The van der Waals surface area contributed by atoms with Gasteiger partial charge in [0.1, 0.15) is 0 Å². The van der Waals surface area contributed by atoms with E-state index >= 15 is 0 Å². The van der Waals surface area contributed by atoms with E-state index in [9.17, 15) is 0 Å². The third kappa shape index (κ3) is 2.22. The van der Waals surface area contributed by atoms with E-state index in [1.54, 1.807) is 0 Å². The molecule has 3 aliphatic carbocycles. The summed E-state index contributed by atoms with van der Waals surface area (Å²) in [6.45, 7) is 19.1. The predicted octanol–water partition coefficient (Wildman–Crippen LogP) is 6.95. The molecule has 0 radical (unpaired) electrons. The summed E-state index contributed by atoms with van der Waals surface area (Å²) in [6.07, 6.45) is 7.52. The average Bonchev–Trinajstić information content (AvgIpc) is 2.94. The van der Waals surface area contributed by atoms with Crippen molar-refractivity contribution in [3.05, 3.63) is 89.4 Å². The van der Waals surface area contributed by atoms with Crippen LogP contribution in [0.3, 0.4) is 0 Å². The van der Waals surface area contributed by atoms with Crippen LogP contribution in [-0.2, 0) is 0 Å². The highest BCUT2D eigenvalue weighted by Gasteiger charge is 2.40. The Morgan fingerprint density at radius 1 is 0.958 bits per heavy atom. The molecule has 1 atom stereocenters. The first-order valence-electron chi connectivity index (χ1n) is 8.35. The molecule has 120 valence electrons. The lowest BCUT2D eigenvalue weighted by molar-refractivity contribution is 0.513. The van der Waals surface area contributed by atoms with Gasteiger partial charge < -0.3 is 0 Å². The van der Waals surface area contributed by atoms with Crippen LogP contribution in [0, 0.1) is 5.41 Å². The maximum atomic E-state index is 4.27. The van der Waals surface area contributed by atoms with Crippen LogP contribution in [0.2, 0.25) is 0 Å². The normalized spacial score (nSPS) is 25.5. The molecule has 1 unspecified atom stereocenters. The zero-order valence-electron chi connectivity index (χ0n) is 14.2. The Morgan fingerprint density at radius 2 is 1.71 bits per heavy atom. The van der Waals surface area contributed by atoms with Crippen molar-refractivity contribution in [2.75, 3.05) is 0 Å². The second kappa shape index (κ2) is 5.26. The molecule has 1 saturated carbocycles. The van der Waals surface area contributed by atoms with E-state index in [-0.39, 0.29) is 5.41 Å². The van der Waals surface area contributed by atoms with Crippen molar-refractivity contribution in [1.82, 2.24) is 0 Å². The minimum Gasteiger partial charge on any atom is -0.0986 e. The van der Waals surface area contributed by atoms with Gasteiger partial charge in [0, 0.05) is 15.2 Å². The highest BCUT2D eigenvalue weighted by Crippen LogP contribution is 2.54. The van der Waals surface area contributed by atoms with Crippen LogP contribution in [0.25, 0.3) is 11.1 Å². The fourth-order valence-electron chi connectivity index (χ4n) is 3.99. The molecule has 0 bridgehead atoms. The third-order valence-corrected chi connectivity index (χ3v) is 6.61. The van der Waals surface area contributed by atoms with Crippen molar-refractivity contribution in [2.24, 2.45) is 5.41 Å². The molecule has 4 rings (SSSR count). The molecule has 0 saturated heterocycles. The topological polar surface area (TPSA) is 0 Å². The van der Waals surface area contributed by atoms with Crippen molar-refractivity contribution >= 4 is 22.9 Å². The van der Waals surface area contributed by atoms with Gasteiger partial charge in [-0.25, -0.2) is 0 Å². The monoisotopic (exact) mass is 330 g/mol. The Kier molecular flexibility index (Phi) is 3.40. The average molecular weight is 330 g/mol. The van der Waals surface area contributed by atoms with Crippen LogP contribution >= 0.6 is 11.8 Å². The summed E-state index contributed by atoms with van der Waals surface area (Å²) in [5.41, 5.74) is 8.87. The van der Waals surface area contributed by atoms with Gasteiger partial charge in [-0.2, -0.15) is 0 Å². The van der Waals surface area contributed by atoms with E-state index in [0.29, 0.717) is 0 Å². The molecule has 0 aromatic heterocycles. The van der Waals surface area contributed by atoms with E-state index in [1.165, 1.54) is 48.8 Å². The first kappa shape index (κ1) is 15.5. The summed E-state index contributed by atoms with van der Waals surface area (Å²) in [5.74, 6) is 0.